The van der Waals surface area contributed by atoms with E-state index in [9.17, 15) is 0 Å². The lowest BCUT2D eigenvalue weighted by Gasteiger charge is -2.15. The molecule has 0 spiro atoms. The van der Waals surface area contributed by atoms with E-state index in [0.29, 0.717) is 10.0 Å². The monoisotopic (exact) mass is 284 g/mol. The highest BCUT2D eigenvalue weighted by atomic mass is 35.5. The second-order valence-electron chi connectivity index (χ2n) is 4.13. The molecule has 0 fully saturated rings. The van der Waals surface area contributed by atoms with E-state index in [1.165, 1.54) is 0 Å². The molecule has 2 rings (SSSR count). The molecule has 0 aliphatic carbocycles. The Bertz CT molecular complexity index is 518. The Hall–Kier alpha value is -1.10. The fourth-order valence-electron chi connectivity index (χ4n) is 1.86. The molecule has 0 bridgehead atoms. The number of nitrogens with one attached hydrogen (secondary N) is 1. The molecule has 1 unspecified atom stereocenters. The van der Waals surface area contributed by atoms with Crippen LogP contribution < -0.4 is 5.32 Å². The number of nitrogens with zero attached hydrogens (tertiary/aromatic N) is 3. The Balaban J connectivity index is 2.22. The summed E-state index contributed by atoms with van der Waals surface area (Å²) in [5.74, 6) is 0. The molecular formula is C12H14Cl2N4. The van der Waals surface area contributed by atoms with Crippen LogP contribution in [0.2, 0.25) is 10.0 Å². The molecule has 0 saturated heterocycles. The number of benzene rings is 1. The number of hydrogen-bond donors (Lipinski definition) is 1. The van der Waals surface area contributed by atoms with E-state index in [0.717, 1.165) is 17.7 Å². The van der Waals surface area contributed by atoms with E-state index in [1.54, 1.807) is 10.7 Å². The summed E-state index contributed by atoms with van der Waals surface area (Å²) in [6.45, 7) is 0. The highest BCUT2D eigenvalue weighted by Gasteiger charge is 2.13. The van der Waals surface area contributed by atoms with Gasteiger partial charge in [-0.2, -0.15) is 0 Å². The smallest absolute Gasteiger partial charge is 0.0845 e. The van der Waals surface area contributed by atoms with Crippen LogP contribution in [0.3, 0.4) is 0 Å². The van der Waals surface area contributed by atoms with Crippen LogP contribution in [0.1, 0.15) is 17.3 Å². The lowest BCUT2D eigenvalue weighted by atomic mass is 10.0. The van der Waals surface area contributed by atoms with Gasteiger partial charge in [0.25, 0.3) is 0 Å². The minimum absolute atomic E-state index is 0.109. The van der Waals surface area contributed by atoms with Crippen LogP contribution in [0.15, 0.2) is 24.4 Å². The van der Waals surface area contributed by atoms with Crippen molar-refractivity contribution in [3.05, 3.63) is 45.7 Å². The van der Waals surface area contributed by atoms with E-state index in [2.05, 4.69) is 15.6 Å². The van der Waals surface area contributed by atoms with Crippen molar-refractivity contribution in [2.24, 2.45) is 7.05 Å². The SMILES string of the molecule is CNC(Cc1cn(C)nn1)c1cc(Cl)cc(Cl)c1. The lowest BCUT2D eigenvalue weighted by molar-refractivity contribution is 0.583. The van der Waals surface area contributed by atoms with Crippen LogP contribution in [-0.4, -0.2) is 22.0 Å². The summed E-state index contributed by atoms with van der Waals surface area (Å²) in [4.78, 5) is 0. The van der Waals surface area contributed by atoms with E-state index < -0.39 is 0 Å². The molecule has 0 aliphatic rings. The first kappa shape index (κ1) is 13.3. The zero-order valence-electron chi connectivity index (χ0n) is 10.2. The number of likely N-dealkylation sites (N-methyl/N-ethyl adjacent to an activating group) is 1. The molecule has 1 aromatic carbocycles. The Morgan fingerprint density at radius 3 is 2.44 bits per heavy atom. The largest absolute Gasteiger partial charge is 0.313 e. The summed E-state index contributed by atoms with van der Waals surface area (Å²) in [7, 11) is 3.75. The van der Waals surface area contributed by atoms with Gasteiger partial charge in [0, 0.05) is 35.8 Å². The standard InChI is InChI=1S/C12H14Cl2N4/c1-15-12(6-11-7-18(2)17-16-11)8-3-9(13)5-10(14)4-8/h3-5,7,12,15H,6H2,1-2H3. The molecule has 1 atom stereocenters. The highest BCUT2D eigenvalue weighted by Crippen LogP contribution is 2.25. The van der Waals surface area contributed by atoms with Crippen molar-refractivity contribution in [3.63, 3.8) is 0 Å². The second kappa shape index (κ2) is 5.69. The van der Waals surface area contributed by atoms with E-state index in [4.69, 9.17) is 23.2 Å². The summed E-state index contributed by atoms with van der Waals surface area (Å²) in [6.07, 6.45) is 2.64. The van der Waals surface area contributed by atoms with Crippen molar-refractivity contribution in [1.29, 1.82) is 0 Å². The summed E-state index contributed by atoms with van der Waals surface area (Å²) in [5.41, 5.74) is 1.97. The average molecular weight is 285 g/mol. The maximum atomic E-state index is 6.01. The first-order valence-corrected chi connectivity index (χ1v) is 6.32. The first-order chi connectivity index (χ1) is 8.58. The van der Waals surface area contributed by atoms with Crippen molar-refractivity contribution in [2.45, 2.75) is 12.5 Å². The van der Waals surface area contributed by atoms with Crippen molar-refractivity contribution in [2.75, 3.05) is 7.05 Å². The van der Waals surface area contributed by atoms with Crippen molar-refractivity contribution in [3.8, 4) is 0 Å². The molecule has 2 aromatic rings. The molecule has 0 amide bonds. The van der Waals surface area contributed by atoms with Gasteiger partial charge in [-0.1, -0.05) is 28.4 Å². The lowest BCUT2D eigenvalue weighted by Crippen LogP contribution is -2.19. The Labute approximate surface area is 116 Å². The van der Waals surface area contributed by atoms with Gasteiger partial charge < -0.3 is 5.32 Å². The number of halogens is 2. The fourth-order valence-corrected chi connectivity index (χ4v) is 2.40. The van der Waals surface area contributed by atoms with E-state index >= 15 is 0 Å². The van der Waals surface area contributed by atoms with Crippen LogP contribution in [-0.2, 0) is 13.5 Å². The molecule has 4 nitrogen and oxygen atoms in total. The Kier molecular flexibility index (Phi) is 4.22. The van der Waals surface area contributed by atoms with Gasteiger partial charge in [-0.25, -0.2) is 0 Å². The van der Waals surface area contributed by atoms with E-state index in [-0.39, 0.29) is 6.04 Å². The third-order valence-corrected chi connectivity index (χ3v) is 3.14. The van der Waals surface area contributed by atoms with Crippen LogP contribution >= 0.6 is 23.2 Å². The highest BCUT2D eigenvalue weighted by molar-refractivity contribution is 6.34. The van der Waals surface area contributed by atoms with Gasteiger partial charge >= 0.3 is 0 Å². The minimum Gasteiger partial charge on any atom is -0.313 e. The van der Waals surface area contributed by atoms with Crippen LogP contribution in [0, 0.1) is 0 Å². The van der Waals surface area contributed by atoms with Crippen molar-refractivity contribution >= 4 is 23.2 Å². The average Bonchev–Trinajstić information content (AvgIpc) is 2.70. The summed E-state index contributed by atoms with van der Waals surface area (Å²) < 4.78 is 1.69. The van der Waals surface area contributed by atoms with Gasteiger partial charge in [-0.15, -0.1) is 5.10 Å². The first-order valence-electron chi connectivity index (χ1n) is 5.57. The third kappa shape index (κ3) is 3.22. The third-order valence-electron chi connectivity index (χ3n) is 2.70. The maximum absolute atomic E-state index is 6.01. The molecule has 96 valence electrons. The number of aryl methyl sites for hydroxylation is 1. The topological polar surface area (TPSA) is 42.7 Å². The molecular weight excluding hydrogens is 271 g/mol. The second-order valence-corrected chi connectivity index (χ2v) is 5.00. The van der Waals surface area contributed by atoms with Gasteiger partial charge in [0.15, 0.2) is 0 Å². The Morgan fingerprint density at radius 1 is 1.28 bits per heavy atom. The van der Waals surface area contributed by atoms with Gasteiger partial charge in [0.2, 0.25) is 0 Å². The molecule has 1 N–H and O–H groups in total. The minimum atomic E-state index is 0.109. The molecule has 1 heterocycles. The van der Waals surface area contributed by atoms with E-state index in [1.807, 2.05) is 32.4 Å². The predicted molar refractivity (Wildman–Crippen MR) is 73.0 cm³/mol. The maximum Gasteiger partial charge on any atom is 0.0845 e. The molecule has 6 heteroatoms. The normalized spacial score (nSPS) is 12.7. The number of aromatic nitrogens is 3. The van der Waals surface area contributed by atoms with Crippen molar-refractivity contribution < 1.29 is 0 Å². The van der Waals surface area contributed by atoms with Gasteiger partial charge in [0.05, 0.1) is 5.69 Å². The zero-order valence-corrected chi connectivity index (χ0v) is 11.7. The van der Waals surface area contributed by atoms with Crippen LogP contribution in [0.4, 0.5) is 0 Å². The van der Waals surface area contributed by atoms with Gasteiger partial charge in [-0.05, 0) is 30.8 Å². The zero-order chi connectivity index (χ0) is 13.1. The Morgan fingerprint density at radius 2 is 1.94 bits per heavy atom. The summed E-state index contributed by atoms with van der Waals surface area (Å²) >= 11 is 12.0. The quantitative estimate of drug-likeness (QED) is 0.939. The summed E-state index contributed by atoms with van der Waals surface area (Å²) in [5, 5.41) is 12.5. The predicted octanol–water partition coefficient (Wildman–Crippen LogP) is 2.63. The van der Waals surface area contributed by atoms with Crippen LogP contribution in [0.25, 0.3) is 0 Å². The number of hydrogen-bond acceptors (Lipinski definition) is 3. The van der Waals surface area contributed by atoms with Gasteiger partial charge in [0.1, 0.15) is 0 Å². The molecule has 0 radical (unpaired) electrons. The molecule has 0 aliphatic heterocycles. The molecule has 18 heavy (non-hydrogen) atoms. The van der Waals surface area contributed by atoms with Gasteiger partial charge in [-0.3, -0.25) is 4.68 Å². The summed E-state index contributed by atoms with van der Waals surface area (Å²) in [6, 6.07) is 5.65. The fraction of sp³-hybridized carbons (Fsp3) is 0.333. The van der Waals surface area contributed by atoms with Crippen LogP contribution in [0.5, 0.6) is 0 Å². The number of rotatable bonds is 4. The van der Waals surface area contributed by atoms with Crippen molar-refractivity contribution in [1.82, 2.24) is 20.3 Å². The molecule has 0 saturated carbocycles. The molecule has 1 aromatic heterocycles.